The molecular formula is C20H25F3IN3O2. The van der Waals surface area contributed by atoms with E-state index in [2.05, 4.69) is 20.4 Å². The van der Waals surface area contributed by atoms with Crippen molar-refractivity contribution in [3.05, 3.63) is 59.4 Å². The molecule has 0 unspecified atom stereocenters. The van der Waals surface area contributed by atoms with Crippen molar-refractivity contribution < 1.29 is 22.6 Å². The van der Waals surface area contributed by atoms with Gasteiger partial charge in [0, 0.05) is 13.1 Å². The number of halogens is 4. The van der Waals surface area contributed by atoms with Crippen LogP contribution in [0.5, 0.6) is 11.5 Å². The molecule has 160 valence electrons. The molecule has 0 spiro atoms. The Hall–Kier alpha value is -2.17. The number of alkyl halides is 2. The van der Waals surface area contributed by atoms with Crippen LogP contribution in [0.15, 0.2) is 47.5 Å². The number of nitrogens with one attached hydrogen (secondary N) is 2. The minimum absolute atomic E-state index is 0. The first kappa shape index (κ1) is 24.9. The standard InChI is InChI=1S/C20H24F3N3O2.HI/c1-3-24-20(25-11-10-14-4-7-16(21)8-5-14)26-13-15-6-9-17(27-2)18(12-15)28-19(22)23;/h4-9,12,19H,3,10-11,13H2,1-2H3,(H2,24,25,26);1H. The monoisotopic (exact) mass is 523 g/mol. The summed E-state index contributed by atoms with van der Waals surface area (Å²) >= 11 is 0. The molecular weight excluding hydrogens is 498 g/mol. The summed E-state index contributed by atoms with van der Waals surface area (Å²) in [5, 5.41) is 6.31. The van der Waals surface area contributed by atoms with Crippen molar-refractivity contribution >= 4 is 29.9 Å². The van der Waals surface area contributed by atoms with Gasteiger partial charge < -0.3 is 20.1 Å². The first-order chi connectivity index (χ1) is 13.5. The van der Waals surface area contributed by atoms with Crippen molar-refractivity contribution in [2.45, 2.75) is 26.5 Å². The van der Waals surface area contributed by atoms with Gasteiger partial charge in [0.15, 0.2) is 17.5 Å². The van der Waals surface area contributed by atoms with Crippen LogP contribution in [0.4, 0.5) is 13.2 Å². The van der Waals surface area contributed by atoms with Crippen LogP contribution in [0.2, 0.25) is 0 Å². The van der Waals surface area contributed by atoms with Crippen molar-refractivity contribution in [3.63, 3.8) is 0 Å². The number of guanidine groups is 1. The van der Waals surface area contributed by atoms with Crippen LogP contribution in [0.25, 0.3) is 0 Å². The highest BCUT2D eigenvalue weighted by Gasteiger charge is 2.11. The van der Waals surface area contributed by atoms with E-state index < -0.39 is 6.61 Å². The Balaban J connectivity index is 0.00000420. The maximum atomic E-state index is 12.9. The van der Waals surface area contributed by atoms with Crippen molar-refractivity contribution in [1.29, 1.82) is 0 Å². The smallest absolute Gasteiger partial charge is 0.387 e. The number of aliphatic imine (C=N–C) groups is 1. The maximum absolute atomic E-state index is 12.9. The molecule has 5 nitrogen and oxygen atoms in total. The third kappa shape index (κ3) is 8.80. The van der Waals surface area contributed by atoms with E-state index in [0.29, 0.717) is 31.0 Å². The summed E-state index contributed by atoms with van der Waals surface area (Å²) in [7, 11) is 1.39. The maximum Gasteiger partial charge on any atom is 0.387 e. The number of rotatable bonds is 9. The number of hydrogen-bond acceptors (Lipinski definition) is 3. The molecule has 0 atom stereocenters. The fourth-order valence-electron chi connectivity index (χ4n) is 2.50. The van der Waals surface area contributed by atoms with Gasteiger partial charge in [0.2, 0.25) is 0 Å². The lowest BCUT2D eigenvalue weighted by atomic mass is 10.1. The van der Waals surface area contributed by atoms with Gasteiger partial charge in [-0.2, -0.15) is 8.78 Å². The van der Waals surface area contributed by atoms with E-state index in [1.165, 1.54) is 25.3 Å². The molecule has 0 fully saturated rings. The van der Waals surface area contributed by atoms with Crippen molar-refractivity contribution in [2.75, 3.05) is 20.2 Å². The van der Waals surface area contributed by atoms with Crippen molar-refractivity contribution in [3.8, 4) is 11.5 Å². The third-order valence-electron chi connectivity index (χ3n) is 3.83. The van der Waals surface area contributed by atoms with Crippen LogP contribution in [0.3, 0.4) is 0 Å². The van der Waals surface area contributed by atoms with E-state index in [9.17, 15) is 13.2 Å². The normalized spacial score (nSPS) is 11.0. The van der Waals surface area contributed by atoms with Crippen molar-refractivity contribution in [2.24, 2.45) is 4.99 Å². The van der Waals surface area contributed by atoms with Crippen molar-refractivity contribution in [1.82, 2.24) is 10.6 Å². The Kier molecular flexibility index (Phi) is 11.3. The van der Waals surface area contributed by atoms with E-state index in [4.69, 9.17) is 4.74 Å². The van der Waals surface area contributed by atoms with Gasteiger partial charge in [0.25, 0.3) is 0 Å². The molecule has 29 heavy (non-hydrogen) atoms. The van der Waals surface area contributed by atoms with Gasteiger partial charge >= 0.3 is 6.61 Å². The lowest BCUT2D eigenvalue weighted by Crippen LogP contribution is -2.38. The van der Waals surface area contributed by atoms with E-state index in [1.54, 1.807) is 24.3 Å². The molecule has 0 radical (unpaired) electrons. The minimum atomic E-state index is -2.93. The zero-order valence-electron chi connectivity index (χ0n) is 16.3. The van der Waals surface area contributed by atoms with Gasteiger partial charge in [-0.15, -0.1) is 24.0 Å². The van der Waals surface area contributed by atoms with E-state index in [1.807, 2.05) is 6.92 Å². The van der Waals surface area contributed by atoms with Gasteiger partial charge in [0.05, 0.1) is 13.7 Å². The summed E-state index contributed by atoms with van der Waals surface area (Å²) in [5.41, 5.74) is 1.71. The first-order valence-electron chi connectivity index (χ1n) is 8.90. The van der Waals surface area contributed by atoms with Crippen LogP contribution >= 0.6 is 24.0 Å². The lowest BCUT2D eigenvalue weighted by Gasteiger charge is -2.13. The average Bonchev–Trinajstić information content (AvgIpc) is 2.67. The Morgan fingerprint density at radius 1 is 1.03 bits per heavy atom. The molecule has 0 aliphatic heterocycles. The second kappa shape index (κ2) is 13.1. The summed E-state index contributed by atoms with van der Waals surface area (Å²) in [6.07, 6.45) is 0.708. The van der Waals surface area contributed by atoms with Crippen LogP contribution in [-0.4, -0.2) is 32.8 Å². The fraction of sp³-hybridized carbons (Fsp3) is 0.350. The Bertz CT molecular complexity index is 774. The van der Waals surface area contributed by atoms with Gasteiger partial charge in [-0.1, -0.05) is 18.2 Å². The molecule has 2 aromatic rings. The fourth-order valence-corrected chi connectivity index (χ4v) is 2.50. The third-order valence-corrected chi connectivity index (χ3v) is 3.83. The zero-order valence-corrected chi connectivity index (χ0v) is 18.6. The summed E-state index contributed by atoms with van der Waals surface area (Å²) in [6.45, 7) is 0.567. The lowest BCUT2D eigenvalue weighted by molar-refractivity contribution is -0.0512. The molecule has 2 rings (SSSR count). The van der Waals surface area contributed by atoms with Crippen LogP contribution < -0.4 is 20.1 Å². The van der Waals surface area contributed by atoms with Crippen LogP contribution in [0.1, 0.15) is 18.1 Å². The minimum Gasteiger partial charge on any atom is -0.493 e. The molecule has 0 heterocycles. The van der Waals surface area contributed by atoms with E-state index >= 15 is 0 Å². The molecule has 0 bridgehead atoms. The predicted octanol–water partition coefficient (Wildman–Crippen LogP) is 4.35. The summed E-state index contributed by atoms with van der Waals surface area (Å²) in [5.74, 6) is 0.537. The van der Waals surface area contributed by atoms with E-state index in [-0.39, 0.29) is 47.8 Å². The highest BCUT2D eigenvalue weighted by molar-refractivity contribution is 14.0. The number of nitrogens with zero attached hydrogens (tertiary/aromatic N) is 1. The van der Waals surface area contributed by atoms with Crippen LogP contribution in [-0.2, 0) is 13.0 Å². The predicted molar refractivity (Wildman–Crippen MR) is 118 cm³/mol. The molecule has 2 aromatic carbocycles. The molecule has 0 aliphatic carbocycles. The quantitative estimate of drug-likeness (QED) is 0.292. The SMILES string of the molecule is CCNC(=NCc1ccc(OC)c(OC(F)F)c1)NCCc1ccc(F)cc1.I. The zero-order chi connectivity index (χ0) is 20.4. The number of benzene rings is 2. The second-order valence-electron chi connectivity index (χ2n) is 5.86. The Morgan fingerprint density at radius 3 is 2.34 bits per heavy atom. The van der Waals surface area contributed by atoms with Gasteiger partial charge in [0.1, 0.15) is 5.82 Å². The Labute approximate surface area is 185 Å². The number of hydrogen-bond donors (Lipinski definition) is 2. The molecule has 0 saturated carbocycles. The molecule has 9 heteroatoms. The number of methoxy groups -OCH3 is 1. The molecule has 0 saturated heterocycles. The molecule has 2 N–H and O–H groups in total. The highest BCUT2D eigenvalue weighted by Crippen LogP contribution is 2.29. The van der Waals surface area contributed by atoms with Gasteiger partial charge in [-0.3, -0.25) is 0 Å². The largest absolute Gasteiger partial charge is 0.493 e. The highest BCUT2D eigenvalue weighted by atomic mass is 127. The number of ether oxygens (including phenoxy) is 2. The van der Waals surface area contributed by atoms with E-state index in [0.717, 1.165) is 5.56 Å². The molecule has 0 aliphatic rings. The Morgan fingerprint density at radius 2 is 1.72 bits per heavy atom. The van der Waals surface area contributed by atoms with Crippen LogP contribution in [0, 0.1) is 5.82 Å². The topological polar surface area (TPSA) is 54.9 Å². The molecule has 0 aromatic heterocycles. The summed E-state index contributed by atoms with van der Waals surface area (Å²) < 4.78 is 47.5. The van der Waals surface area contributed by atoms with Gasteiger partial charge in [-0.05, 0) is 48.7 Å². The first-order valence-corrected chi connectivity index (χ1v) is 8.90. The van der Waals surface area contributed by atoms with Gasteiger partial charge in [-0.25, -0.2) is 9.38 Å². The average molecular weight is 523 g/mol. The second-order valence-corrected chi connectivity index (χ2v) is 5.86. The summed E-state index contributed by atoms with van der Waals surface area (Å²) in [6, 6.07) is 11.1. The summed E-state index contributed by atoms with van der Waals surface area (Å²) in [4.78, 5) is 4.46. The molecule has 0 amide bonds.